The molecule has 7 nitrogen and oxygen atoms in total. The summed E-state index contributed by atoms with van der Waals surface area (Å²) in [5.74, 6) is 0.683. The van der Waals surface area contributed by atoms with Gasteiger partial charge in [-0.05, 0) is 42.7 Å². The van der Waals surface area contributed by atoms with Gasteiger partial charge >= 0.3 is 0 Å². The van der Waals surface area contributed by atoms with Crippen LogP contribution in [0.5, 0.6) is 0 Å². The standard InChI is InChI=1S/C17H22N4O3S/c1-2-3-17(22)21-14-6-9-16(20-12-14)19-11-10-13-4-7-15(8-5-13)25(18,23)24/h4-9,12H,2-3,10-11H2,1H3,(H,19,20)(H,21,22)(H2,18,23,24). The van der Waals surface area contributed by atoms with E-state index < -0.39 is 10.0 Å². The molecule has 2 aromatic rings. The summed E-state index contributed by atoms with van der Waals surface area (Å²) in [6, 6.07) is 10.1. The van der Waals surface area contributed by atoms with Crippen LogP contribution in [0.25, 0.3) is 0 Å². The van der Waals surface area contributed by atoms with Crippen LogP contribution in [0, 0.1) is 0 Å². The number of hydrogen-bond donors (Lipinski definition) is 3. The van der Waals surface area contributed by atoms with Crippen molar-refractivity contribution in [3.8, 4) is 0 Å². The molecule has 4 N–H and O–H groups in total. The molecule has 0 fully saturated rings. The van der Waals surface area contributed by atoms with E-state index in [2.05, 4.69) is 15.6 Å². The van der Waals surface area contributed by atoms with Crippen molar-refractivity contribution in [1.29, 1.82) is 0 Å². The minimum Gasteiger partial charge on any atom is -0.370 e. The van der Waals surface area contributed by atoms with Crippen molar-refractivity contribution in [3.63, 3.8) is 0 Å². The SMILES string of the molecule is CCCC(=O)Nc1ccc(NCCc2ccc(S(N)(=O)=O)cc2)nc1. The van der Waals surface area contributed by atoms with Gasteiger partial charge in [-0.2, -0.15) is 0 Å². The molecule has 0 aliphatic carbocycles. The van der Waals surface area contributed by atoms with Gasteiger partial charge < -0.3 is 10.6 Å². The number of amides is 1. The highest BCUT2D eigenvalue weighted by Crippen LogP contribution is 2.12. The second-order valence-corrected chi connectivity index (χ2v) is 7.16. The van der Waals surface area contributed by atoms with Crippen LogP contribution in [0.1, 0.15) is 25.3 Å². The summed E-state index contributed by atoms with van der Waals surface area (Å²) in [5.41, 5.74) is 1.66. The Morgan fingerprint density at radius 2 is 1.88 bits per heavy atom. The molecule has 1 aromatic heterocycles. The third kappa shape index (κ3) is 6.17. The summed E-state index contributed by atoms with van der Waals surface area (Å²) >= 11 is 0. The predicted octanol–water partition coefficient (Wildman–Crippen LogP) is 2.12. The third-order valence-corrected chi connectivity index (χ3v) is 4.43. The molecule has 0 aliphatic heterocycles. The van der Waals surface area contributed by atoms with E-state index in [-0.39, 0.29) is 10.8 Å². The molecule has 25 heavy (non-hydrogen) atoms. The lowest BCUT2D eigenvalue weighted by atomic mass is 10.1. The van der Waals surface area contributed by atoms with Crippen LogP contribution < -0.4 is 15.8 Å². The fourth-order valence-corrected chi connectivity index (χ4v) is 2.72. The maximum Gasteiger partial charge on any atom is 0.238 e. The number of pyridine rings is 1. The summed E-state index contributed by atoms with van der Waals surface area (Å²) in [6.07, 6.45) is 3.61. The average molecular weight is 362 g/mol. The lowest BCUT2D eigenvalue weighted by Crippen LogP contribution is -2.12. The minimum atomic E-state index is -3.66. The fraction of sp³-hybridized carbons (Fsp3) is 0.294. The smallest absolute Gasteiger partial charge is 0.238 e. The largest absolute Gasteiger partial charge is 0.370 e. The van der Waals surface area contributed by atoms with Crippen LogP contribution in [0.15, 0.2) is 47.5 Å². The van der Waals surface area contributed by atoms with Gasteiger partial charge in [0.15, 0.2) is 0 Å². The number of nitrogens with two attached hydrogens (primary N) is 1. The van der Waals surface area contributed by atoms with Crippen molar-refractivity contribution >= 4 is 27.4 Å². The van der Waals surface area contributed by atoms with Crippen LogP contribution in [0.2, 0.25) is 0 Å². The summed E-state index contributed by atoms with van der Waals surface area (Å²) in [6.45, 7) is 2.59. The van der Waals surface area contributed by atoms with Crippen molar-refractivity contribution in [2.24, 2.45) is 5.14 Å². The van der Waals surface area contributed by atoms with E-state index in [1.54, 1.807) is 30.5 Å². The highest BCUT2D eigenvalue weighted by molar-refractivity contribution is 7.89. The van der Waals surface area contributed by atoms with E-state index in [1.807, 2.05) is 6.92 Å². The number of benzene rings is 1. The molecule has 0 atom stereocenters. The molecule has 1 heterocycles. The van der Waals surface area contributed by atoms with Crippen molar-refractivity contribution < 1.29 is 13.2 Å². The molecule has 0 spiro atoms. The Kier molecular flexibility index (Phi) is 6.49. The molecule has 0 unspecified atom stereocenters. The second-order valence-electron chi connectivity index (χ2n) is 5.60. The quantitative estimate of drug-likeness (QED) is 0.665. The van der Waals surface area contributed by atoms with Crippen LogP contribution >= 0.6 is 0 Å². The predicted molar refractivity (Wildman–Crippen MR) is 97.8 cm³/mol. The number of carbonyl (C=O) groups excluding carboxylic acids is 1. The highest BCUT2D eigenvalue weighted by Gasteiger charge is 2.06. The number of hydrogen-bond acceptors (Lipinski definition) is 5. The Balaban J connectivity index is 1.82. The van der Waals surface area contributed by atoms with Crippen molar-refractivity contribution in [2.45, 2.75) is 31.1 Å². The Bertz CT molecular complexity index is 803. The average Bonchev–Trinajstić information content (AvgIpc) is 2.56. The fourth-order valence-electron chi connectivity index (χ4n) is 2.20. The third-order valence-electron chi connectivity index (χ3n) is 3.50. The number of nitrogens with zero attached hydrogens (tertiary/aromatic N) is 1. The number of rotatable bonds is 8. The van der Waals surface area contributed by atoms with Crippen molar-refractivity contribution in [3.05, 3.63) is 48.2 Å². The molecule has 134 valence electrons. The number of aromatic nitrogens is 1. The molecule has 2 rings (SSSR count). The molecular formula is C17H22N4O3S. The maximum absolute atomic E-state index is 11.5. The van der Waals surface area contributed by atoms with Crippen molar-refractivity contribution in [2.75, 3.05) is 17.2 Å². The molecule has 0 saturated heterocycles. The van der Waals surface area contributed by atoms with Gasteiger partial charge in [-0.1, -0.05) is 19.1 Å². The summed E-state index contributed by atoms with van der Waals surface area (Å²) in [4.78, 5) is 15.9. The zero-order valence-electron chi connectivity index (χ0n) is 14.0. The van der Waals surface area contributed by atoms with Gasteiger partial charge in [0, 0.05) is 13.0 Å². The van der Waals surface area contributed by atoms with Crippen LogP contribution in [0.3, 0.4) is 0 Å². The van der Waals surface area contributed by atoms with Crippen LogP contribution in [-0.4, -0.2) is 25.9 Å². The zero-order valence-corrected chi connectivity index (χ0v) is 14.8. The zero-order chi connectivity index (χ0) is 18.3. The maximum atomic E-state index is 11.5. The van der Waals surface area contributed by atoms with E-state index in [9.17, 15) is 13.2 Å². The first-order chi connectivity index (χ1) is 11.9. The number of nitrogens with one attached hydrogen (secondary N) is 2. The Hall–Kier alpha value is -2.45. The molecule has 1 aromatic carbocycles. The number of anilines is 2. The molecule has 1 amide bonds. The van der Waals surface area contributed by atoms with Gasteiger partial charge in [0.1, 0.15) is 5.82 Å². The summed E-state index contributed by atoms with van der Waals surface area (Å²) < 4.78 is 22.4. The lowest BCUT2D eigenvalue weighted by molar-refractivity contribution is -0.116. The highest BCUT2D eigenvalue weighted by atomic mass is 32.2. The van der Waals surface area contributed by atoms with Crippen LogP contribution in [0.4, 0.5) is 11.5 Å². The normalized spacial score (nSPS) is 11.1. The topological polar surface area (TPSA) is 114 Å². The first-order valence-electron chi connectivity index (χ1n) is 8.00. The monoisotopic (exact) mass is 362 g/mol. The molecule has 0 saturated carbocycles. The van der Waals surface area contributed by atoms with Gasteiger partial charge in [-0.3, -0.25) is 4.79 Å². The van der Waals surface area contributed by atoms with E-state index in [0.29, 0.717) is 30.9 Å². The molecule has 8 heteroatoms. The number of carbonyl (C=O) groups is 1. The molecule has 0 aliphatic rings. The van der Waals surface area contributed by atoms with Gasteiger partial charge in [0.05, 0.1) is 16.8 Å². The number of sulfonamides is 1. The molecule has 0 bridgehead atoms. The van der Waals surface area contributed by atoms with E-state index in [1.165, 1.54) is 12.1 Å². The van der Waals surface area contributed by atoms with Gasteiger partial charge in [-0.25, -0.2) is 18.5 Å². The van der Waals surface area contributed by atoms with Crippen LogP contribution in [-0.2, 0) is 21.2 Å². The minimum absolute atomic E-state index is 0.0204. The molecule has 0 radical (unpaired) electrons. The second kappa shape index (κ2) is 8.59. The van der Waals surface area contributed by atoms with E-state index >= 15 is 0 Å². The first kappa shape index (κ1) is 18.9. The Morgan fingerprint density at radius 1 is 1.16 bits per heavy atom. The Labute approximate surface area is 147 Å². The Morgan fingerprint density at radius 3 is 2.44 bits per heavy atom. The summed E-state index contributed by atoms with van der Waals surface area (Å²) in [7, 11) is -3.66. The van der Waals surface area contributed by atoms with Crippen molar-refractivity contribution in [1.82, 2.24) is 4.98 Å². The van der Waals surface area contributed by atoms with Gasteiger partial charge in [0.25, 0.3) is 0 Å². The summed E-state index contributed by atoms with van der Waals surface area (Å²) in [5, 5.41) is 11.0. The van der Waals surface area contributed by atoms with Gasteiger partial charge in [0.2, 0.25) is 15.9 Å². The lowest BCUT2D eigenvalue weighted by Gasteiger charge is -2.08. The van der Waals surface area contributed by atoms with E-state index in [0.717, 1.165) is 12.0 Å². The molecular weight excluding hydrogens is 340 g/mol. The van der Waals surface area contributed by atoms with Gasteiger partial charge in [-0.15, -0.1) is 0 Å². The number of primary sulfonamides is 1. The van der Waals surface area contributed by atoms with E-state index in [4.69, 9.17) is 5.14 Å². The first-order valence-corrected chi connectivity index (χ1v) is 9.54.